The minimum Gasteiger partial charge on any atom is -0.310 e. The molecule has 0 saturated carbocycles. The van der Waals surface area contributed by atoms with Crippen molar-refractivity contribution in [1.29, 1.82) is 0 Å². The molecule has 0 bridgehead atoms. The van der Waals surface area contributed by atoms with Gasteiger partial charge in [0.05, 0.1) is 6.54 Å². The van der Waals surface area contributed by atoms with Crippen LogP contribution in [-0.4, -0.2) is 76.0 Å². The maximum Gasteiger partial charge on any atom is 0.327 e. The van der Waals surface area contributed by atoms with Crippen molar-refractivity contribution in [3.8, 4) is 0 Å². The summed E-state index contributed by atoms with van der Waals surface area (Å²) in [5, 5.41) is 9.71. The third-order valence-corrected chi connectivity index (χ3v) is 5.49. The Kier molecular flexibility index (Phi) is 4.80. The van der Waals surface area contributed by atoms with Gasteiger partial charge in [-0.15, -0.1) is 0 Å². The van der Waals surface area contributed by atoms with Crippen LogP contribution in [0.4, 0.5) is 9.18 Å². The molecule has 3 aliphatic heterocycles. The van der Waals surface area contributed by atoms with E-state index in [9.17, 15) is 14.0 Å². The number of amides is 3. The van der Waals surface area contributed by atoms with Gasteiger partial charge in [-0.25, -0.2) is 14.1 Å². The van der Waals surface area contributed by atoms with Crippen LogP contribution in [0.15, 0.2) is 29.4 Å². The lowest BCUT2D eigenvalue weighted by molar-refractivity contribution is -0.139. The molecule has 0 spiro atoms. The molecule has 150 valence electrons. The molecule has 3 amide bonds. The van der Waals surface area contributed by atoms with Crippen LogP contribution < -0.4 is 5.32 Å². The highest BCUT2D eigenvalue weighted by atomic mass is 19.1. The summed E-state index contributed by atoms with van der Waals surface area (Å²) in [7, 11) is 1.70. The average molecular weight is 388 g/mol. The first-order valence-electron chi connectivity index (χ1n) is 9.56. The fourth-order valence-electron chi connectivity index (χ4n) is 4.20. The van der Waals surface area contributed by atoms with Gasteiger partial charge in [-0.3, -0.25) is 20.0 Å². The number of rotatable bonds is 4. The summed E-state index contributed by atoms with van der Waals surface area (Å²) >= 11 is 0. The summed E-state index contributed by atoms with van der Waals surface area (Å²) in [6.45, 7) is 5.01. The number of halogens is 1. The minimum atomic E-state index is -0.493. The molecular formula is C19H25FN6O2. The molecule has 1 N–H and O–H groups in total. The second-order valence-corrected chi connectivity index (χ2v) is 7.51. The predicted molar refractivity (Wildman–Crippen MR) is 101 cm³/mol. The quantitative estimate of drug-likeness (QED) is 0.840. The summed E-state index contributed by atoms with van der Waals surface area (Å²) in [4.78, 5) is 30.7. The molecule has 3 atom stereocenters. The lowest BCUT2D eigenvalue weighted by atomic mass is 10.1. The number of urea groups is 1. The van der Waals surface area contributed by atoms with Crippen molar-refractivity contribution >= 4 is 17.6 Å². The Morgan fingerprint density at radius 2 is 2.04 bits per heavy atom. The molecule has 8 nitrogen and oxygen atoms in total. The number of nitrogens with one attached hydrogen (secondary N) is 1. The van der Waals surface area contributed by atoms with E-state index in [-0.39, 0.29) is 30.6 Å². The lowest BCUT2D eigenvalue weighted by Gasteiger charge is -2.42. The van der Waals surface area contributed by atoms with Crippen LogP contribution >= 0.6 is 0 Å². The lowest BCUT2D eigenvalue weighted by Crippen LogP contribution is -2.66. The third kappa shape index (κ3) is 2.94. The van der Waals surface area contributed by atoms with Crippen LogP contribution in [0.25, 0.3) is 0 Å². The molecule has 3 heterocycles. The molecule has 2 saturated heterocycles. The molecule has 28 heavy (non-hydrogen) atoms. The van der Waals surface area contributed by atoms with Gasteiger partial charge in [-0.2, -0.15) is 5.10 Å². The Morgan fingerprint density at radius 3 is 2.75 bits per heavy atom. The summed E-state index contributed by atoms with van der Waals surface area (Å²) in [6.07, 6.45) is -0.124. The molecule has 9 heteroatoms. The van der Waals surface area contributed by atoms with Crippen molar-refractivity contribution in [2.75, 3.05) is 20.1 Å². The van der Waals surface area contributed by atoms with Crippen LogP contribution in [0.1, 0.15) is 25.8 Å². The second kappa shape index (κ2) is 7.14. The number of benzene rings is 1. The van der Waals surface area contributed by atoms with Crippen LogP contribution in [0, 0.1) is 5.82 Å². The number of carbonyl (C=O) groups is 2. The van der Waals surface area contributed by atoms with E-state index in [0.717, 1.165) is 5.71 Å². The highest BCUT2D eigenvalue weighted by Gasteiger charge is 2.56. The molecule has 0 aliphatic carbocycles. The number of carbonyl (C=O) groups excluding carboxylic acids is 2. The minimum absolute atomic E-state index is 0.189. The highest BCUT2D eigenvalue weighted by molar-refractivity contribution is 6.01. The van der Waals surface area contributed by atoms with Crippen molar-refractivity contribution in [1.82, 2.24) is 25.0 Å². The molecule has 3 aliphatic rings. The van der Waals surface area contributed by atoms with Crippen LogP contribution in [-0.2, 0) is 11.3 Å². The molecule has 0 aromatic heterocycles. The highest BCUT2D eigenvalue weighted by Crippen LogP contribution is 2.31. The van der Waals surface area contributed by atoms with Crippen molar-refractivity contribution in [3.63, 3.8) is 0 Å². The summed E-state index contributed by atoms with van der Waals surface area (Å²) in [5.41, 5.74) is 1.37. The topological polar surface area (TPSA) is 71.5 Å². The zero-order valence-electron chi connectivity index (χ0n) is 16.3. The van der Waals surface area contributed by atoms with E-state index in [1.807, 2.05) is 18.7 Å². The van der Waals surface area contributed by atoms with Crippen molar-refractivity contribution in [2.24, 2.45) is 5.10 Å². The molecule has 0 radical (unpaired) electrons. The van der Waals surface area contributed by atoms with Gasteiger partial charge in [0.1, 0.15) is 18.0 Å². The third-order valence-electron chi connectivity index (χ3n) is 5.49. The Labute approximate surface area is 163 Å². The number of likely N-dealkylation sites (N-methyl/N-ethyl adjacent to an activating group) is 1. The molecule has 1 aromatic carbocycles. The molecule has 3 unspecified atom stereocenters. The maximum absolute atomic E-state index is 14.2. The smallest absolute Gasteiger partial charge is 0.310 e. The number of hydrogen-bond donors (Lipinski definition) is 1. The number of hydrogen-bond acceptors (Lipinski definition) is 6. The van der Waals surface area contributed by atoms with Gasteiger partial charge in [0, 0.05) is 31.4 Å². The first-order chi connectivity index (χ1) is 13.4. The number of nitrogens with zero attached hydrogens (tertiary/aromatic N) is 5. The summed E-state index contributed by atoms with van der Waals surface area (Å²) in [6, 6.07) is 5.81. The predicted octanol–water partition coefficient (Wildman–Crippen LogP) is 1.20. The van der Waals surface area contributed by atoms with E-state index in [2.05, 4.69) is 10.4 Å². The standard InChI is InChI=1S/C19H25FN6O2/c1-4-9-24-17(27)15-16(23(3)19(24)28)21-18-25(15)10-12(2)22-26(18)11-13-7-5-6-8-14(13)20/h5-8,15-16,18,21H,4,9-11H2,1-3H3. The Morgan fingerprint density at radius 1 is 1.29 bits per heavy atom. The van der Waals surface area contributed by atoms with E-state index in [0.29, 0.717) is 25.1 Å². The largest absolute Gasteiger partial charge is 0.327 e. The average Bonchev–Trinajstić information content (AvgIpc) is 3.05. The van der Waals surface area contributed by atoms with Crippen LogP contribution in [0.5, 0.6) is 0 Å². The Balaban J connectivity index is 1.64. The van der Waals surface area contributed by atoms with Gasteiger partial charge in [-0.05, 0) is 19.4 Å². The molecular weight excluding hydrogens is 363 g/mol. The van der Waals surface area contributed by atoms with Gasteiger partial charge in [0.2, 0.25) is 0 Å². The second-order valence-electron chi connectivity index (χ2n) is 7.51. The van der Waals surface area contributed by atoms with Crippen LogP contribution in [0.2, 0.25) is 0 Å². The summed E-state index contributed by atoms with van der Waals surface area (Å²) in [5.74, 6) is -0.481. The van der Waals surface area contributed by atoms with Crippen LogP contribution in [0.3, 0.4) is 0 Å². The zero-order chi connectivity index (χ0) is 20.0. The summed E-state index contributed by atoms with van der Waals surface area (Å²) < 4.78 is 14.2. The number of fused-ring (bicyclic) bond motifs is 3. The maximum atomic E-state index is 14.2. The van der Waals surface area contributed by atoms with Gasteiger partial charge in [-0.1, -0.05) is 25.1 Å². The van der Waals surface area contributed by atoms with E-state index in [4.69, 9.17) is 0 Å². The number of imide groups is 1. The zero-order valence-corrected chi connectivity index (χ0v) is 16.3. The fraction of sp³-hybridized carbons (Fsp3) is 0.526. The normalized spacial score (nSPS) is 27.8. The SMILES string of the molecule is CCCN1C(=O)C2C(NC3N(Cc4ccccc4F)N=C(C)CN23)N(C)C1=O. The Hall–Kier alpha value is -2.52. The van der Waals surface area contributed by atoms with E-state index in [1.54, 1.807) is 35.2 Å². The first-order valence-corrected chi connectivity index (χ1v) is 9.56. The molecule has 4 rings (SSSR count). The van der Waals surface area contributed by atoms with E-state index >= 15 is 0 Å². The van der Waals surface area contributed by atoms with Gasteiger partial charge in [0.25, 0.3) is 5.91 Å². The van der Waals surface area contributed by atoms with E-state index < -0.39 is 12.2 Å². The molecule has 2 fully saturated rings. The monoisotopic (exact) mass is 388 g/mol. The van der Waals surface area contributed by atoms with Crippen molar-refractivity contribution in [3.05, 3.63) is 35.6 Å². The van der Waals surface area contributed by atoms with E-state index in [1.165, 1.54) is 11.0 Å². The number of hydrazone groups is 1. The van der Waals surface area contributed by atoms with Gasteiger partial charge < -0.3 is 4.90 Å². The van der Waals surface area contributed by atoms with Crippen molar-refractivity contribution in [2.45, 2.75) is 45.3 Å². The van der Waals surface area contributed by atoms with Crippen molar-refractivity contribution < 1.29 is 14.0 Å². The van der Waals surface area contributed by atoms with Gasteiger partial charge >= 0.3 is 6.03 Å². The Bertz CT molecular complexity index is 830. The fourth-order valence-corrected chi connectivity index (χ4v) is 4.20. The van der Waals surface area contributed by atoms with Gasteiger partial charge in [0.15, 0.2) is 6.29 Å². The molecule has 1 aromatic rings. The first kappa shape index (κ1) is 18.8.